The maximum absolute atomic E-state index is 12.3. The zero-order valence-electron chi connectivity index (χ0n) is 15.9. The Bertz CT molecular complexity index is 777. The van der Waals surface area contributed by atoms with Gasteiger partial charge in [0.05, 0.1) is 6.04 Å². The molecule has 5 N–H and O–H groups in total. The van der Waals surface area contributed by atoms with E-state index in [2.05, 4.69) is 10.3 Å². The molecular weight excluding hydrogens is 340 g/mol. The fourth-order valence-electron chi connectivity index (χ4n) is 2.83. The Morgan fingerprint density at radius 1 is 1.15 bits per heavy atom. The zero-order chi connectivity index (χ0) is 19.8. The summed E-state index contributed by atoms with van der Waals surface area (Å²) >= 11 is 0. The highest BCUT2D eigenvalue weighted by atomic mass is 16.2. The smallest absolute Gasteiger partial charge is 0.223 e. The first-order valence-corrected chi connectivity index (χ1v) is 9.18. The SMILES string of the molecule is Cc1nc(N)ccc1CNC(=O)[C@H](C)CC(=O)[C@H](N)CCc1ccccc1. The third-order valence-electron chi connectivity index (χ3n) is 4.63. The van der Waals surface area contributed by atoms with Crippen molar-refractivity contribution in [3.8, 4) is 0 Å². The lowest BCUT2D eigenvalue weighted by atomic mass is 9.96. The van der Waals surface area contributed by atoms with Gasteiger partial charge in [-0.2, -0.15) is 0 Å². The van der Waals surface area contributed by atoms with Crippen molar-refractivity contribution < 1.29 is 9.59 Å². The van der Waals surface area contributed by atoms with Gasteiger partial charge >= 0.3 is 0 Å². The van der Waals surface area contributed by atoms with Crippen LogP contribution < -0.4 is 16.8 Å². The predicted octanol–water partition coefficient (Wildman–Crippen LogP) is 2.14. The minimum Gasteiger partial charge on any atom is -0.384 e. The van der Waals surface area contributed by atoms with Gasteiger partial charge in [-0.05, 0) is 37.0 Å². The van der Waals surface area contributed by atoms with E-state index in [-0.39, 0.29) is 18.1 Å². The molecule has 0 saturated heterocycles. The van der Waals surface area contributed by atoms with E-state index in [1.54, 1.807) is 13.0 Å². The van der Waals surface area contributed by atoms with Crippen LogP contribution in [-0.2, 0) is 22.6 Å². The minimum atomic E-state index is -0.552. The molecule has 1 amide bonds. The van der Waals surface area contributed by atoms with Gasteiger partial charge in [0.1, 0.15) is 11.6 Å². The molecule has 0 aliphatic carbocycles. The number of nitrogens with zero attached hydrogens (tertiary/aromatic N) is 1. The number of aromatic nitrogens is 1. The van der Waals surface area contributed by atoms with Gasteiger partial charge in [-0.1, -0.05) is 43.3 Å². The number of carbonyl (C=O) groups is 2. The van der Waals surface area contributed by atoms with Crippen LogP contribution in [0, 0.1) is 12.8 Å². The Kier molecular flexibility index (Phi) is 7.49. The van der Waals surface area contributed by atoms with Crippen LogP contribution in [0.25, 0.3) is 0 Å². The summed E-state index contributed by atoms with van der Waals surface area (Å²) in [4.78, 5) is 28.8. The summed E-state index contributed by atoms with van der Waals surface area (Å²) in [5, 5.41) is 2.85. The molecule has 1 aromatic heterocycles. The van der Waals surface area contributed by atoms with Gasteiger partial charge in [0.25, 0.3) is 0 Å². The van der Waals surface area contributed by atoms with Gasteiger partial charge in [-0.15, -0.1) is 0 Å². The first kappa shape index (κ1) is 20.6. The normalized spacial score (nSPS) is 13.0. The first-order valence-electron chi connectivity index (χ1n) is 9.18. The van der Waals surface area contributed by atoms with Crippen molar-refractivity contribution in [2.24, 2.45) is 11.7 Å². The van der Waals surface area contributed by atoms with Gasteiger partial charge in [-0.3, -0.25) is 9.59 Å². The lowest BCUT2D eigenvalue weighted by Gasteiger charge is -2.15. The van der Waals surface area contributed by atoms with E-state index in [0.29, 0.717) is 18.8 Å². The number of nitrogens with two attached hydrogens (primary N) is 2. The van der Waals surface area contributed by atoms with E-state index >= 15 is 0 Å². The maximum Gasteiger partial charge on any atom is 0.223 e. The Hall–Kier alpha value is -2.73. The van der Waals surface area contributed by atoms with E-state index in [9.17, 15) is 9.59 Å². The summed E-state index contributed by atoms with van der Waals surface area (Å²) < 4.78 is 0. The van der Waals surface area contributed by atoms with Crippen LogP contribution in [0.2, 0.25) is 0 Å². The number of carbonyl (C=O) groups excluding carboxylic acids is 2. The molecule has 1 aromatic carbocycles. The Morgan fingerprint density at radius 2 is 1.85 bits per heavy atom. The molecule has 0 aliphatic rings. The molecule has 0 fully saturated rings. The van der Waals surface area contributed by atoms with Crippen LogP contribution in [0.5, 0.6) is 0 Å². The molecule has 2 atom stereocenters. The van der Waals surface area contributed by atoms with E-state index in [0.717, 1.165) is 23.2 Å². The van der Waals surface area contributed by atoms with E-state index in [1.165, 1.54) is 0 Å². The summed E-state index contributed by atoms with van der Waals surface area (Å²) in [6.45, 7) is 3.94. The van der Waals surface area contributed by atoms with Crippen LogP contribution in [-0.4, -0.2) is 22.7 Å². The number of anilines is 1. The zero-order valence-corrected chi connectivity index (χ0v) is 15.9. The molecule has 2 rings (SSSR count). The van der Waals surface area contributed by atoms with Gasteiger partial charge in [0, 0.05) is 24.6 Å². The van der Waals surface area contributed by atoms with Gasteiger partial charge in [0.2, 0.25) is 5.91 Å². The average Bonchev–Trinajstić information content (AvgIpc) is 2.65. The van der Waals surface area contributed by atoms with Crippen LogP contribution in [0.4, 0.5) is 5.82 Å². The van der Waals surface area contributed by atoms with Crippen LogP contribution in [0.3, 0.4) is 0 Å². The second-order valence-electron chi connectivity index (χ2n) is 6.90. The second kappa shape index (κ2) is 9.83. The molecule has 144 valence electrons. The number of pyridine rings is 1. The van der Waals surface area contributed by atoms with Crippen molar-refractivity contribution in [2.75, 3.05) is 5.73 Å². The third-order valence-corrected chi connectivity index (χ3v) is 4.63. The summed E-state index contributed by atoms with van der Waals surface area (Å²) in [6, 6.07) is 12.9. The van der Waals surface area contributed by atoms with Crippen LogP contribution in [0.15, 0.2) is 42.5 Å². The minimum absolute atomic E-state index is 0.0843. The molecule has 1 heterocycles. The number of ketones is 1. The standard InChI is InChI=1S/C21H28N4O2/c1-14(21(27)24-13-17-9-11-20(23)25-15(17)2)12-19(26)18(22)10-8-16-6-4-3-5-7-16/h3-7,9,11,14,18H,8,10,12-13,22H2,1-2H3,(H2,23,25)(H,24,27)/t14-,18-/m1/s1. The molecular formula is C21H28N4O2. The van der Waals surface area contributed by atoms with Crippen molar-refractivity contribution >= 4 is 17.5 Å². The van der Waals surface area contributed by atoms with E-state index < -0.39 is 12.0 Å². The number of nitrogens with one attached hydrogen (secondary N) is 1. The monoisotopic (exact) mass is 368 g/mol. The number of nitrogen functional groups attached to an aromatic ring is 1. The molecule has 0 unspecified atom stereocenters. The highest BCUT2D eigenvalue weighted by Crippen LogP contribution is 2.11. The molecule has 0 bridgehead atoms. The van der Waals surface area contributed by atoms with Gasteiger partial charge in [0.15, 0.2) is 0 Å². The number of benzene rings is 1. The van der Waals surface area contributed by atoms with Gasteiger partial charge in [-0.25, -0.2) is 4.98 Å². The molecule has 0 radical (unpaired) electrons. The fourth-order valence-corrected chi connectivity index (χ4v) is 2.83. The largest absolute Gasteiger partial charge is 0.384 e. The van der Waals surface area contributed by atoms with Gasteiger partial charge < -0.3 is 16.8 Å². The third kappa shape index (κ3) is 6.49. The lowest BCUT2D eigenvalue weighted by molar-refractivity contribution is -0.129. The average molecular weight is 368 g/mol. The van der Waals surface area contributed by atoms with E-state index in [4.69, 9.17) is 11.5 Å². The van der Waals surface area contributed by atoms with E-state index in [1.807, 2.05) is 43.3 Å². The highest BCUT2D eigenvalue weighted by molar-refractivity contribution is 5.89. The predicted molar refractivity (Wildman–Crippen MR) is 107 cm³/mol. The molecule has 2 aromatic rings. The Labute approximate surface area is 160 Å². The van der Waals surface area contributed by atoms with Crippen molar-refractivity contribution in [3.63, 3.8) is 0 Å². The van der Waals surface area contributed by atoms with Crippen molar-refractivity contribution in [1.82, 2.24) is 10.3 Å². The topological polar surface area (TPSA) is 111 Å². The highest BCUT2D eigenvalue weighted by Gasteiger charge is 2.21. The number of Topliss-reactive ketones (excluding diaryl/α,β-unsaturated/α-hetero) is 1. The maximum atomic E-state index is 12.3. The quantitative estimate of drug-likeness (QED) is 0.628. The number of rotatable bonds is 9. The van der Waals surface area contributed by atoms with Crippen molar-refractivity contribution in [2.45, 2.75) is 45.7 Å². The first-order chi connectivity index (χ1) is 12.9. The van der Waals surface area contributed by atoms with Crippen molar-refractivity contribution in [3.05, 3.63) is 59.3 Å². The number of amides is 1. The summed E-state index contributed by atoms with van der Waals surface area (Å²) in [6.07, 6.45) is 1.46. The summed E-state index contributed by atoms with van der Waals surface area (Å²) in [5.74, 6) is -0.234. The second-order valence-corrected chi connectivity index (χ2v) is 6.90. The van der Waals surface area contributed by atoms with Crippen LogP contribution >= 0.6 is 0 Å². The molecule has 6 heteroatoms. The summed E-state index contributed by atoms with van der Waals surface area (Å²) in [5.41, 5.74) is 14.5. The molecule has 0 saturated carbocycles. The molecule has 6 nitrogen and oxygen atoms in total. The summed E-state index contributed by atoms with van der Waals surface area (Å²) in [7, 11) is 0. The number of aryl methyl sites for hydroxylation is 2. The molecule has 0 aliphatic heterocycles. The lowest BCUT2D eigenvalue weighted by Crippen LogP contribution is -2.36. The molecule has 27 heavy (non-hydrogen) atoms. The number of hydrogen-bond acceptors (Lipinski definition) is 5. The van der Waals surface area contributed by atoms with Crippen LogP contribution in [0.1, 0.15) is 36.6 Å². The Balaban J connectivity index is 1.77. The fraction of sp³-hybridized carbons (Fsp3) is 0.381. The number of hydrogen-bond donors (Lipinski definition) is 3. The van der Waals surface area contributed by atoms with Crippen molar-refractivity contribution in [1.29, 1.82) is 0 Å². The Morgan fingerprint density at radius 3 is 2.52 bits per heavy atom. The molecule has 0 spiro atoms.